The van der Waals surface area contributed by atoms with Crippen molar-refractivity contribution < 1.29 is 4.79 Å². The first kappa shape index (κ1) is 14.8. The number of aryl methyl sites for hydroxylation is 1. The van der Waals surface area contributed by atoms with Crippen molar-refractivity contribution in [1.82, 2.24) is 9.78 Å². The highest BCUT2D eigenvalue weighted by atomic mass is 16.1. The molecule has 5 nitrogen and oxygen atoms in total. The Balaban J connectivity index is 2.39. The van der Waals surface area contributed by atoms with Gasteiger partial charge in [-0.05, 0) is 17.0 Å². The summed E-state index contributed by atoms with van der Waals surface area (Å²) in [4.78, 5) is 12.5. The summed E-state index contributed by atoms with van der Waals surface area (Å²) >= 11 is 0. The van der Waals surface area contributed by atoms with E-state index in [4.69, 9.17) is 5.26 Å². The van der Waals surface area contributed by atoms with Gasteiger partial charge < -0.3 is 5.32 Å². The van der Waals surface area contributed by atoms with Crippen LogP contribution in [0, 0.1) is 11.3 Å². The minimum absolute atomic E-state index is 0.140. The van der Waals surface area contributed by atoms with Crippen molar-refractivity contribution in [3.8, 4) is 6.07 Å². The Hall–Kier alpha value is -2.61. The number of anilines is 1. The molecule has 2 aromatic rings. The molecule has 1 amide bonds. The maximum Gasteiger partial charge on any atom is 0.257 e. The summed E-state index contributed by atoms with van der Waals surface area (Å²) in [6, 6.07) is 9.51. The standard InChI is InChI=1S/C16H18N4O/c1-16(2,3)13-8-6-5-7-12(13)15(21)19-14-11(9-17)10-18-20(14)4/h5-8,10H,1-4H3,(H,19,21). The van der Waals surface area contributed by atoms with E-state index < -0.39 is 0 Å². The van der Waals surface area contributed by atoms with Crippen LogP contribution in [0.5, 0.6) is 0 Å². The molecule has 1 heterocycles. The van der Waals surface area contributed by atoms with Gasteiger partial charge in [0.05, 0.1) is 6.20 Å². The topological polar surface area (TPSA) is 70.7 Å². The Morgan fingerprint density at radius 1 is 1.33 bits per heavy atom. The largest absolute Gasteiger partial charge is 0.306 e. The lowest BCUT2D eigenvalue weighted by Crippen LogP contribution is -2.22. The van der Waals surface area contributed by atoms with Crippen LogP contribution in [0.1, 0.15) is 42.3 Å². The van der Waals surface area contributed by atoms with Gasteiger partial charge in [-0.3, -0.25) is 9.48 Å². The zero-order valence-corrected chi connectivity index (χ0v) is 12.6. The van der Waals surface area contributed by atoms with E-state index in [0.29, 0.717) is 16.9 Å². The van der Waals surface area contributed by atoms with Crippen LogP contribution in [-0.2, 0) is 12.5 Å². The zero-order valence-electron chi connectivity index (χ0n) is 12.6. The Bertz CT molecular complexity index is 717. The van der Waals surface area contributed by atoms with Gasteiger partial charge in [0.2, 0.25) is 0 Å². The monoisotopic (exact) mass is 282 g/mol. The average Bonchev–Trinajstić information content (AvgIpc) is 2.78. The molecule has 0 aliphatic rings. The molecule has 108 valence electrons. The highest BCUT2D eigenvalue weighted by Crippen LogP contribution is 2.26. The number of carbonyl (C=O) groups is 1. The molecule has 1 aromatic carbocycles. The van der Waals surface area contributed by atoms with E-state index >= 15 is 0 Å². The van der Waals surface area contributed by atoms with Crippen molar-refractivity contribution in [3.63, 3.8) is 0 Å². The van der Waals surface area contributed by atoms with Gasteiger partial charge in [-0.1, -0.05) is 39.0 Å². The highest BCUT2D eigenvalue weighted by molar-refractivity contribution is 6.05. The molecule has 0 unspecified atom stereocenters. The summed E-state index contributed by atoms with van der Waals surface area (Å²) in [7, 11) is 1.69. The van der Waals surface area contributed by atoms with Gasteiger partial charge >= 0.3 is 0 Å². The van der Waals surface area contributed by atoms with Crippen molar-refractivity contribution in [2.45, 2.75) is 26.2 Å². The van der Waals surface area contributed by atoms with Gasteiger partial charge in [0.25, 0.3) is 5.91 Å². The molecule has 0 aliphatic carbocycles. The molecule has 0 spiro atoms. The van der Waals surface area contributed by atoms with Crippen molar-refractivity contribution in [2.24, 2.45) is 7.05 Å². The highest BCUT2D eigenvalue weighted by Gasteiger charge is 2.22. The normalized spacial score (nSPS) is 11.0. The number of hydrogen-bond acceptors (Lipinski definition) is 3. The van der Waals surface area contributed by atoms with E-state index in [9.17, 15) is 4.79 Å². The summed E-state index contributed by atoms with van der Waals surface area (Å²) < 4.78 is 1.48. The Labute approximate surface area is 124 Å². The number of amides is 1. The molecule has 0 atom stereocenters. The second-order valence-corrected chi connectivity index (χ2v) is 5.89. The average molecular weight is 282 g/mol. The number of hydrogen-bond donors (Lipinski definition) is 1. The fourth-order valence-electron chi connectivity index (χ4n) is 2.18. The smallest absolute Gasteiger partial charge is 0.257 e. The molecule has 5 heteroatoms. The van der Waals surface area contributed by atoms with Crippen LogP contribution in [0.4, 0.5) is 5.82 Å². The van der Waals surface area contributed by atoms with Crippen LogP contribution in [0.25, 0.3) is 0 Å². The molecule has 0 radical (unpaired) electrons. The number of carbonyl (C=O) groups excluding carboxylic acids is 1. The molecular formula is C16H18N4O. The van der Waals surface area contributed by atoms with Gasteiger partial charge in [0.1, 0.15) is 17.5 Å². The van der Waals surface area contributed by atoms with Crippen molar-refractivity contribution in [1.29, 1.82) is 5.26 Å². The first-order valence-electron chi connectivity index (χ1n) is 6.67. The van der Waals surface area contributed by atoms with Crippen LogP contribution in [0.3, 0.4) is 0 Å². The lowest BCUT2D eigenvalue weighted by Gasteiger charge is -2.22. The van der Waals surface area contributed by atoms with E-state index in [1.54, 1.807) is 13.1 Å². The van der Waals surface area contributed by atoms with E-state index in [2.05, 4.69) is 31.2 Å². The second kappa shape index (κ2) is 5.41. The lowest BCUT2D eigenvalue weighted by atomic mass is 9.83. The van der Waals surface area contributed by atoms with E-state index in [1.807, 2.05) is 24.3 Å². The molecule has 0 fully saturated rings. The van der Waals surface area contributed by atoms with Crippen LogP contribution < -0.4 is 5.32 Å². The van der Waals surface area contributed by atoms with Gasteiger partial charge in [0.15, 0.2) is 0 Å². The van der Waals surface area contributed by atoms with Crippen molar-refractivity contribution in [2.75, 3.05) is 5.32 Å². The Morgan fingerprint density at radius 3 is 2.62 bits per heavy atom. The maximum atomic E-state index is 12.5. The molecule has 1 aromatic heterocycles. The first-order valence-corrected chi connectivity index (χ1v) is 6.67. The molecule has 0 saturated heterocycles. The number of rotatable bonds is 2. The summed E-state index contributed by atoms with van der Waals surface area (Å²) in [5.74, 6) is 0.173. The molecule has 1 N–H and O–H groups in total. The number of nitriles is 1. The second-order valence-electron chi connectivity index (χ2n) is 5.89. The molecule has 21 heavy (non-hydrogen) atoms. The maximum absolute atomic E-state index is 12.5. The minimum Gasteiger partial charge on any atom is -0.306 e. The fraction of sp³-hybridized carbons (Fsp3) is 0.312. The number of aromatic nitrogens is 2. The first-order chi connectivity index (χ1) is 9.84. The number of nitrogens with zero attached hydrogens (tertiary/aromatic N) is 3. The minimum atomic E-state index is -0.236. The Kier molecular flexibility index (Phi) is 3.81. The summed E-state index contributed by atoms with van der Waals surface area (Å²) in [6.07, 6.45) is 1.44. The molecule has 2 rings (SSSR count). The van der Waals surface area contributed by atoms with Crippen molar-refractivity contribution in [3.05, 3.63) is 47.2 Å². The Morgan fingerprint density at radius 2 is 2.00 bits per heavy atom. The third-order valence-electron chi connectivity index (χ3n) is 3.27. The molecule has 0 bridgehead atoms. The van der Waals surface area contributed by atoms with E-state index in [0.717, 1.165) is 5.56 Å². The summed E-state index contributed by atoms with van der Waals surface area (Å²) in [5.41, 5.74) is 1.77. The quantitative estimate of drug-likeness (QED) is 0.920. The van der Waals surface area contributed by atoms with Crippen LogP contribution in [-0.4, -0.2) is 15.7 Å². The van der Waals surface area contributed by atoms with Crippen LogP contribution in [0.15, 0.2) is 30.5 Å². The third-order valence-corrected chi connectivity index (χ3v) is 3.27. The fourth-order valence-corrected chi connectivity index (χ4v) is 2.18. The van der Waals surface area contributed by atoms with E-state index in [1.165, 1.54) is 10.9 Å². The SMILES string of the molecule is Cn1ncc(C#N)c1NC(=O)c1ccccc1C(C)(C)C. The van der Waals surface area contributed by atoms with Gasteiger partial charge in [-0.25, -0.2) is 0 Å². The summed E-state index contributed by atoms with van der Waals surface area (Å²) in [6.45, 7) is 6.18. The molecular weight excluding hydrogens is 264 g/mol. The third kappa shape index (κ3) is 2.95. The number of nitrogens with one attached hydrogen (secondary N) is 1. The van der Waals surface area contributed by atoms with Gasteiger partial charge in [0, 0.05) is 12.6 Å². The van der Waals surface area contributed by atoms with E-state index in [-0.39, 0.29) is 11.3 Å². The number of benzene rings is 1. The van der Waals surface area contributed by atoms with Crippen LogP contribution in [0.2, 0.25) is 0 Å². The van der Waals surface area contributed by atoms with Gasteiger partial charge in [-0.15, -0.1) is 0 Å². The molecule has 0 saturated carbocycles. The summed E-state index contributed by atoms with van der Waals surface area (Å²) in [5, 5.41) is 15.8. The zero-order chi connectivity index (χ0) is 15.6. The van der Waals surface area contributed by atoms with Crippen LogP contribution >= 0.6 is 0 Å². The predicted molar refractivity (Wildman–Crippen MR) is 81.0 cm³/mol. The lowest BCUT2D eigenvalue weighted by molar-refractivity contribution is 0.102. The van der Waals surface area contributed by atoms with Gasteiger partial charge in [-0.2, -0.15) is 10.4 Å². The molecule has 0 aliphatic heterocycles. The van der Waals surface area contributed by atoms with Crippen molar-refractivity contribution >= 4 is 11.7 Å². The predicted octanol–water partition coefficient (Wildman–Crippen LogP) is 2.84.